The van der Waals surface area contributed by atoms with Gasteiger partial charge in [0.1, 0.15) is 11.0 Å². The highest BCUT2D eigenvalue weighted by atomic mass is 35.5. The van der Waals surface area contributed by atoms with Gasteiger partial charge >= 0.3 is 6.03 Å². The van der Waals surface area contributed by atoms with Crippen molar-refractivity contribution in [2.75, 3.05) is 10.6 Å². The third kappa shape index (κ3) is 6.46. The number of hydrogen-bond donors (Lipinski definition) is 3. The topological polar surface area (TPSA) is 78.4 Å². The predicted molar refractivity (Wildman–Crippen MR) is 124 cm³/mol. The molecule has 1 aromatic carbocycles. The number of pyridine rings is 1. The van der Waals surface area contributed by atoms with E-state index in [1.54, 1.807) is 12.4 Å². The minimum Gasteiger partial charge on any atom is -0.364 e. The molecule has 0 saturated heterocycles. The Bertz CT molecular complexity index is 999. The van der Waals surface area contributed by atoms with E-state index in [2.05, 4.69) is 38.9 Å². The largest absolute Gasteiger partial charge is 0.364 e. The van der Waals surface area contributed by atoms with Crippen LogP contribution in [0.1, 0.15) is 37.4 Å². The molecule has 0 aliphatic carbocycles. The first-order valence-electron chi connectivity index (χ1n) is 9.88. The molecule has 3 N–H and O–H groups in total. The molecule has 1 aromatic heterocycles. The highest BCUT2D eigenvalue weighted by Crippen LogP contribution is 2.21. The number of benzene rings is 1. The van der Waals surface area contributed by atoms with E-state index in [-0.39, 0.29) is 12.1 Å². The number of aromatic nitrogens is 1. The minimum atomic E-state index is -0.320. The van der Waals surface area contributed by atoms with Gasteiger partial charge in [0.2, 0.25) is 0 Å². The molecule has 0 saturated carbocycles. The Hall–Kier alpha value is -3.12. The first kappa shape index (κ1) is 21.6. The zero-order valence-corrected chi connectivity index (χ0v) is 18.1. The summed E-state index contributed by atoms with van der Waals surface area (Å²) in [5.74, 6) is 1.10. The molecule has 1 unspecified atom stereocenters. The summed E-state index contributed by atoms with van der Waals surface area (Å²) in [4.78, 5) is 20.8. The van der Waals surface area contributed by atoms with Crippen molar-refractivity contribution in [3.8, 4) is 0 Å². The number of urea groups is 1. The molecule has 0 radical (unpaired) electrons. The standard InChI is InChI=1S/C23H26ClN5O/c1-15-6-4-9-21(24)29-22(11-15)26-17(3)18-7-5-8-19(12-18)27-23(30)28-20-10-16(2)13-25-14-20/h4-5,7-15,17,26H,6H2,1-3H3,(H2,27,28,30)/b9-4+,22-11-,29-21+/t15?,17-/m0/s1. The fourth-order valence-electron chi connectivity index (χ4n) is 3.10. The zero-order chi connectivity index (χ0) is 21.5. The molecule has 30 heavy (non-hydrogen) atoms. The number of nitrogens with one attached hydrogen (secondary N) is 3. The van der Waals surface area contributed by atoms with E-state index in [0.717, 1.165) is 23.4 Å². The fourth-order valence-corrected chi connectivity index (χ4v) is 3.28. The highest BCUT2D eigenvalue weighted by Gasteiger charge is 2.11. The van der Waals surface area contributed by atoms with Crippen molar-refractivity contribution < 1.29 is 4.79 Å². The summed E-state index contributed by atoms with van der Waals surface area (Å²) in [7, 11) is 0. The average Bonchev–Trinajstić information content (AvgIpc) is 2.66. The lowest BCUT2D eigenvalue weighted by atomic mass is 10.1. The van der Waals surface area contributed by atoms with Crippen LogP contribution in [0, 0.1) is 12.8 Å². The smallest absolute Gasteiger partial charge is 0.323 e. The van der Waals surface area contributed by atoms with Crippen LogP contribution in [-0.2, 0) is 0 Å². The lowest BCUT2D eigenvalue weighted by Crippen LogP contribution is -2.21. The van der Waals surface area contributed by atoms with Gasteiger partial charge in [0, 0.05) is 11.9 Å². The van der Waals surface area contributed by atoms with E-state index in [4.69, 9.17) is 11.6 Å². The molecule has 2 aromatic rings. The Morgan fingerprint density at radius 1 is 1.20 bits per heavy atom. The van der Waals surface area contributed by atoms with Gasteiger partial charge < -0.3 is 16.0 Å². The van der Waals surface area contributed by atoms with Crippen LogP contribution in [0.2, 0.25) is 0 Å². The van der Waals surface area contributed by atoms with Crippen LogP contribution in [0.15, 0.2) is 71.8 Å². The van der Waals surface area contributed by atoms with Crippen molar-refractivity contribution in [1.29, 1.82) is 0 Å². The van der Waals surface area contributed by atoms with E-state index < -0.39 is 0 Å². The summed E-state index contributed by atoms with van der Waals surface area (Å²) in [6.07, 6.45) is 10.2. The van der Waals surface area contributed by atoms with Crippen LogP contribution in [0.25, 0.3) is 0 Å². The average molecular weight is 424 g/mol. The van der Waals surface area contributed by atoms with Gasteiger partial charge in [0.15, 0.2) is 0 Å². The van der Waals surface area contributed by atoms with E-state index in [1.165, 1.54) is 0 Å². The molecule has 0 bridgehead atoms. The number of amides is 2. The molecule has 7 heteroatoms. The molecule has 2 heterocycles. The Labute approximate surface area is 182 Å². The first-order valence-corrected chi connectivity index (χ1v) is 10.3. The number of hydrogen-bond acceptors (Lipinski definition) is 4. The van der Waals surface area contributed by atoms with E-state index in [1.807, 2.05) is 56.3 Å². The molecular formula is C23H26ClN5O. The molecule has 2 atom stereocenters. The second kappa shape index (κ2) is 10.1. The van der Waals surface area contributed by atoms with Crippen molar-refractivity contribution in [2.24, 2.45) is 10.9 Å². The van der Waals surface area contributed by atoms with Gasteiger partial charge in [-0.25, -0.2) is 9.79 Å². The van der Waals surface area contributed by atoms with Gasteiger partial charge in [-0.2, -0.15) is 0 Å². The second-order valence-electron chi connectivity index (χ2n) is 7.42. The lowest BCUT2D eigenvalue weighted by molar-refractivity contribution is 0.262. The summed E-state index contributed by atoms with van der Waals surface area (Å²) in [6.45, 7) is 6.10. The number of carbonyl (C=O) groups is 1. The van der Waals surface area contributed by atoms with E-state index in [9.17, 15) is 4.79 Å². The molecule has 2 amide bonds. The van der Waals surface area contributed by atoms with Gasteiger partial charge in [-0.1, -0.05) is 36.7 Å². The Morgan fingerprint density at radius 3 is 2.80 bits per heavy atom. The zero-order valence-electron chi connectivity index (χ0n) is 17.3. The fraction of sp³-hybridized carbons (Fsp3) is 0.261. The first-order chi connectivity index (χ1) is 14.4. The number of anilines is 2. The third-order valence-electron chi connectivity index (χ3n) is 4.57. The molecule has 0 fully saturated rings. The van der Waals surface area contributed by atoms with Gasteiger partial charge in [-0.15, -0.1) is 0 Å². The van der Waals surface area contributed by atoms with Gasteiger partial charge in [-0.3, -0.25) is 4.98 Å². The maximum Gasteiger partial charge on any atom is 0.323 e. The van der Waals surface area contributed by atoms with Crippen LogP contribution >= 0.6 is 11.6 Å². The Balaban J connectivity index is 1.67. The van der Waals surface area contributed by atoms with Gasteiger partial charge in [0.25, 0.3) is 0 Å². The van der Waals surface area contributed by atoms with Gasteiger partial charge in [0.05, 0.1) is 17.9 Å². The predicted octanol–water partition coefficient (Wildman–Crippen LogP) is 5.76. The summed E-state index contributed by atoms with van der Waals surface area (Å²) in [5, 5.41) is 9.51. The summed E-state index contributed by atoms with van der Waals surface area (Å²) < 4.78 is 0. The maximum absolute atomic E-state index is 12.3. The number of aliphatic imine (C=N–C) groups is 1. The lowest BCUT2D eigenvalue weighted by Gasteiger charge is -2.19. The monoisotopic (exact) mass is 423 g/mol. The van der Waals surface area contributed by atoms with E-state index in [0.29, 0.717) is 22.5 Å². The molecular weight excluding hydrogens is 398 g/mol. The van der Waals surface area contributed by atoms with Crippen LogP contribution in [0.4, 0.5) is 16.2 Å². The van der Waals surface area contributed by atoms with Crippen molar-refractivity contribution in [2.45, 2.75) is 33.2 Å². The maximum atomic E-state index is 12.3. The molecule has 0 spiro atoms. The number of allylic oxidation sites excluding steroid dienone is 3. The number of nitrogens with zero attached hydrogens (tertiary/aromatic N) is 2. The number of carbonyl (C=O) groups excluding carboxylic acids is 1. The van der Waals surface area contributed by atoms with Crippen molar-refractivity contribution in [3.63, 3.8) is 0 Å². The van der Waals surface area contributed by atoms with E-state index >= 15 is 0 Å². The van der Waals surface area contributed by atoms with Crippen LogP contribution in [-0.4, -0.2) is 16.2 Å². The quantitative estimate of drug-likeness (QED) is 0.572. The second-order valence-corrected chi connectivity index (χ2v) is 7.81. The van der Waals surface area contributed by atoms with Crippen LogP contribution in [0.3, 0.4) is 0 Å². The number of halogens is 1. The van der Waals surface area contributed by atoms with Gasteiger partial charge in [-0.05, 0) is 67.7 Å². The Kier molecular flexibility index (Phi) is 7.25. The molecule has 156 valence electrons. The minimum absolute atomic E-state index is 0.0224. The van der Waals surface area contributed by atoms with Crippen LogP contribution in [0.5, 0.6) is 0 Å². The number of aryl methyl sites for hydroxylation is 1. The van der Waals surface area contributed by atoms with Crippen molar-refractivity contribution in [3.05, 3.63) is 77.9 Å². The van der Waals surface area contributed by atoms with Crippen molar-refractivity contribution >= 4 is 34.2 Å². The summed E-state index contributed by atoms with van der Waals surface area (Å²) in [6, 6.07) is 9.21. The highest BCUT2D eigenvalue weighted by molar-refractivity contribution is 6.68. The van der Waals surface area contributed by atoms with Crippen LogP contribution < -0.4 is 16.0 Å². The van der Waals surface area contributed by atoms with Crippen molar-refractivity contribution in [1.82, 2.24) is 10.3 Å². The normalized spacial score (nSPS) is 21.7. The molecule has 6 nitrogen and oxygen atoms in total. The Morgan fingerprint density at radius 2 is 2.00 bits per heavy atom. The molecule has 1 aliphatic heterocycles. The number of rotatable bonds is 5. The summed E-state index contributed by atoms with van der Waals surface area (Å²) in [5.41, 5.74) is 3.34. The SMILES string of the molecule is Cc1cncc(NC(=O)Nc2cccc([C@H](C)NC3=C/C(C)C/C=C/C(Cl)=N\3)c2)c1. The third-order valence-corrected chi connectivity index (χ3v) is 4.79. The molecule has 3 rings (SSSR count). The summed E-state index contributed by atoms with van der Waals surface area (Å²) >= 11 is 6.15. The molecule has 1 aliphatic rings.